The summed E-state index contributed by atoms with van der Waals surface area (Å²) < 4.78 is 5.93. The van der Waals surface area contributed by atoms with E-state index in [2.05, 4.69) is 47.5 Å². The number of carbonyl (C=O) groups excluding carboxylic acids is 1. The van der Waals surface area contributed by atoms with Gasteiger partial charge in [0.1, 0.15) is 5.75 Å². The number of amides is 1. The summed E-state index contributed by atoms with van der Waals surface area (Å²) in [6, 6.07) is 15.4. The predicted octanol–water partition coefficient (Wildman–Crippen LogP) is 4.18. The first-order valence-electron chi connectivity index (χ1n) is 10.1. The fourth-order valence-corrected chi connectivity index (χ4v) is 4.09. The SMILES string of the molecule is CC(CCCOc1ccc2c(c1)NC(=O)CC2)N1CCc2ccccc2C1. The average Bonchev–Trinajstić information content (AvgIpc) is 2.70. The summed E-state index contributed by atoms with van der Waals surface area (Å²) in [5.74, 6) is 0.937. The molecule has 0 saturated carbocycles. The van der Waals surface area contributed by atoms with Gasteiger partial charge in [-0.05, 0) is 55.4 Å². The van der Waals surface area contributed by atoms with E-state index in [0.29, 0.717) is 19.1 Å². The van der Waals surface area contributed by atoms with Crippen LogP contribution in [0.25, 0.3) is 0 Å². The van der Waals surface area contributed by atoms with Crippen molar-refractivity contribution in [3.63, 3.8) is 0 Å². The number of ether oxygens (including phenoxy) is 1. The Morgan fingerprint density at radius 1 is 1.07 bits per heavy atom. The van der Waals surface area contributed by atoms with Crippen molar-refractivity contribution in [1.29, 1.82) is 0 Å². The molecule has 4 heteroatoms. The highest BCUT2D eigenvalue weighted by atomic mass is 16.5. The summed E-state index contributed by atoms with van der Waals surface area (Å²) >= 11 is 0. The van der Waals surface area contributed by atoms with Crippen molar-refractivity contribution in [3.05, 3.63) is 59.2 Å². The number of benzene rings is 2. The summed E-state index contributed by atoms with van der Waals surface area (Å²) in [7, 11) is 0. The minimum atomic E-state index is 0.0941. The second-order valence-corrected chi connectivity index (χ2v) is 7.70. The zero-order valence-corrected chi connectivity index (χ0v) is 16.0. The first kappa shape index (κ1) is 18.1. The van der Waals surface area contributed by atoms with Crippen LogP contribution in [0, 0.1) is 0 Å². The lowest BCUT2D eigenvalue weighted by Crippen LogP contribution is -2.37. The molecule has 27 heavy (non-hydrogen) atoms. The number of hydrogen-bond donors (Lipinski definition) is 1. The maximum Gasteiger partial charge on any atom is 0.224 e. The Morgan fingerprint density at radius 3 is 2.81 bits per heavy atom. The lowest BCUT2D eigenvalue weighted by molar-refractivity contribution is -0.116. The van der Waals surface area contributed by atoms with E-state index in [4.69, 9.17) is 4.74 Å². The van der Waals surface area contributed by atoms with E-state index in [-0.39, 0.29) is 5.91 Å². The van der Waals surface area contributed by atoms with Crippen molar-refractivity contribution in [2.75, 3.05) is 18.5 Å². The Kier molecular flexibility index (Phi) is 5.44. The molecule has 0 radical (unpaired) electrons. The summed E-state index contributed by atoms with van der Waals surface area (Å²) in [5, 5.41) is 2.93. The third-order valence-electron chi connectivity index (χ3n) is 5.80. The predicted molar refractivity (Wildman–Crippen MR) is 108 cm³/mol. The largest absolute Gasteiger partial charge is 0.494 e. The molecule has 4 rings (SSSR count). The third kappa shape index (κ3) is 4.33. The molecule has 2 aromatic carbocycles. The summed E-state index contributed by atoms with van der Waals surface area (Å²) in [4.78, 5) is 14.1. The molecular weight excluding hydrogens is 336 g/mol. The second-order valence-electron chi connectivity index (χ2n) is 7.70. The van der Waals surface area contributed by atoms with Crippen molar-refractivity contribution in [3.8, 4) is 5.75 Å². The van der Waals surface area contributed by atoms with Gasteiger partial charge in [-0.15, -0.1) is 0 Å². The molecule has 2 aliphatic rings. The van der Waals surface area contributed by atoms with Crippen molar-refractivity contribution >= 4 is 11.6 Å². The molecule has 4 nitrogen and oxygen atoms in total. The molecule has 2 aromatic rings. The maximum absolute atomic E-state index is 11.5. The van der Waals surface area contributed by atoms with Crippen LogP contribution in [0.5, 0.6) is 5.75 Å². The summed E-state index contributed by atoms with van der Waals surface area (Å²) in [6.07, 6.45) is 4.70. The van der Waals surface area contributed by atoms with Gasteiger partial charge in [0.25, 0.3) is 0 Å². The van der Waals surface area contributed by atoms with Gasteiger partial charge in [-0.3, -0.25) is 9.69 Å². The number of nitrogens with zero attached hydrogens (tertiary/aromatic N) is 1. The molecule has 2 heterocycles. The maximum atomic E-state index is 11.5. The smallest absolute Gasteiger partial charge is 0.224 e. The minimum Gasteiger partial charge on any atom is -0.494 e. The van der Waals surface area contributed by atoms with Crippen LogP contribution >= 0.6 is 0 Å². The Hall–Kier alpha value is -2.33. The van der Waals surface area contributed by atoms with Gasteiger partial charge in [0.05, 0.1) is 6.61 Å². The fraction of sp³-hybridized carbons (Fsp3) is 0.435. The van der Waals surface area contributed by atoms with E-state index >= 15 is 0 Å². The Labute approximate surface area is 161 Å². The zero-order chi connectivity index (χ0) is 18.6. The molecule has 1 atom stereocenters. The number of rotatable bonds is 6. The molecule has 0 fully saturated rings. The quantitative estimate of drug-likeness (QED) is 0.782. The van der Waals surface area contributed by atoms with E-state index in [1.54, 1.807) is 0 Å². The fourth-order valence-electron chi connectivity index (χ4n) is 4.09. The highest BCUT2D eigenvalue weighted by Gasteiger charge is 2.20. The molecule has 0 spiro atoms. The number of hydrogen-bond acceptors (Lipinski definition) is 3. The first-order chi connectivity index (χ1) is 13.2. The second kappa shape index (κ2) is 8.13. The van der Waals surface area contributed by atoms with Crippen LogP contribution in [0.1, 0.15) is 42.9 Å². The van der Waals surface area contributed by atoms with Crippen molar-refractivity contribution < 1.29 is 9.53 Å². The van der Waals surface area contributed by atoms with Crippen molar-refractivity contribution in [2.24, 2.45) is 0 Å². The normalized spacial score (nSPS) is 17.6. The standard InChI is InChI=1S/C23H28N2O2/c1-17(25-13-12-18-6-2-3-7-20(18)16-25)5-4-14-27-21-10-8-19-9-11-23(26)24-22(19)15-21/h2-3,6-8,10,15,17H,4-5,9,11-14,16H2,1H3,(H,24,26). The van der Waals surface area contributed by atoms with Gasteiger partial charge in [-0.2, -0.15) is 0 Å². The van der Waals surface area contributed by atoms with E-state index in [1.807, 2.05) is 12.1 Å². The molecule has 0 aliphatic carbocycles. The van der Waals surface area contributed by atoms with Crippen LogP contribution in [-0.4, -0.2) is 30.0 Å². The van der Waals surface area contributed by atoms with Crippen molar-refractivity contribution in [2.45, 2.75) is 51.6 Å². The zero-order valence-electron chi connectivity index (χ0n) is 16.0. The van der Waals surface area contributed by atoms with Crippen LogP contribution < -0.4 is 10.1 Å². The van der Waals surface area contributed by atoms with Gasteiger partial charge in [0, 0.05) is 37.3 Å². The van der Waals surface area contributed by atoms with E-state index in [9.17, 15) is 4.79 Å². The van der Waals surface area contributed by atoms with Crippen molar-refractivity contribution in [1.82, 2.24) is 4.90 Å². The Balaban J connectivity index is 1.23. The number of nitrogens with one attached hydrogen (secondary N) is 1. The lowest BCUT2D eigenvalue weighted by atomic mass is 9.98. The van der Waals surface area contributed by atoms with Gasteiger partial charge in [0.2, 0.25) is 5.91 Å². The van der Waals surface area contributed by atoms with Crippen LogP contribution in [0.3, 0.4) is 0 Å². The minimum absolute atomic E-state index is 0.0941. The average molecular weight is 364 g/mol. The number of aryl methyl sites for hydroxylation is 1. The molecule has 1 N–H and O–H groups in total. The van der Waals surface area contributed by atoms with Gasteiger partial charge in [-0.1, -0.05) is 30.3 Å². The molecular formula is C23H28N2O2. The molecule has 0 saturated heterocycles. The first-order valence-corrected chi connectivity index (χ1v) is 10.1. The monoisotopic (exact) mass is 364 g/mol. The van der Waals surface area contributed by atoms with E-state index in [1.165, 1.54) is 16.7 Å². The highest BCUT2D eigenvalue weighted by molar-refractivity contribution is 5.94. The number of carbonyl (C=O) groups is 1. The van der Waals surface area contributed by atoms with Crippen LogP contribution in [0.4, 0.5) is 5.69 Å². The lowest BCUT2D eigenvalue weighted by Gasteiger charge is -2.33. The third-order valence-corrected chi connectivity index (χ3v) is 5.80. The van der Waals surface area contributed by atoms with Gasteiger partial charge in [0.15, 0.2) is 0 Å². The topological polar surface area (TPSA) is 41.6 Å². The Bertz CT molecular complexity index is 818. The molecule has 1 amide bonds. The van der Waals surface area contributed by atoms with Crippen LogP contribution in [0.15, 0.2) is 42.5 Å². The summed E-state index contributed by atoms with van der Waals surface area (Å²) in [5.41, 5.74) is 5.08. The van der Waals surface area contributed by atoms with Gasteiger partial charge >= 0.3 is 0 Å². The van der Waals surface area contributed by atoms with E-state index in [0.717, 1.165) is 50.2 Å². The highest BCUT2D eigenvalue weighted by Crippen LogP contribution is 2.27. The molecule has 0 aromatic heterocycles. The van der Waals surface area contributed by atoms with Gasteiger partial charge in [-0.25, -0.2) is 0 Å². The number of anilines is 1. The Morgan fingerprint density at radius 2 is 1.93 bits per heavy atom. The molecule has 1 unspecified atom stereocenters. The summed E-state index contributed by atoms with van der Waals surface area (Å²) in [6.45, 7) is 5.23. The van der Waals surface area contributed by atoms with Crippen LogP contribution in [-0.2, 0) is 24.2 Å². The van der Waals surface area contributed by atoms with Gasteiger partial charge < -0.3 is 10.1 Å². The molecule has 142 valence electrons. The number of fused-ring (bicyclic) bond motifs is 2. The van der Waals surface area contributed by atoms with Crippen LogP contribution in [0.2, 0.25) is 0 Å². The molecule has 0 bridgehead atoms. The van der Waals surface area contributed by atoms with E-state index < -0.39 is 0 Å². The molecule has 2 aliphatic heterocycles.